The summed E-state index contributed by atoms with van der Waals surface area (Å²) in [6.45, 7) is 5.70. The van der Waals surface area contributed by atoms with Gasteiger partial charge in [-0.25, -0.2) is 0 Å². The number of hydrogen-bond donors (Lipinski definition) is 2. The average Bonchev–Trinajstić information content (AvgIpc) is 3.27. The highest BCUT2D eigenvalue weighted by Gasteiger charge is 2.40. The molecule has 2 aliphatic rings. The standard InChI is InChI=1S/C19H24N4O2S.2ClH/c1-11-3-4-13(18(24)21-19-23-22-12(2)26-19)9-15(11)16-10-17(16)20-14-5-7-25-8-6-14;;/h3-4,9,14,16-17,20H,5-8,10H2,1-2H3,(H,21,23,24);2*1H/t16-,17+;;/m0../s1. The molecule has 2 aromatic rings. The van der Waals surface area contributed by atoms with Crippen molar-refractivity contribution in [1.82, 2.24) is 15.5 Å². The van der Waals surface area contributed by atoms with Gasteiger partial charge in [0.1, 0.15) is 5.01 Å². The van der Waals surface area contributed by atoms with Gasteiger partial charge < -0.3 is 10.1 Å². The molecule has 1 saturated carbocycles. The first-order valence-corrected chi connectivity index (χ1v) is 9.97. The Hall–Kier alpha value is -1.25. The Bertz CT molecular complexity index is 811. The fourth-order valence-electron chi connectivity index (χ4n) is 3.59. The third-order valence-corrected chi connectivity index (χ3v) is 5.90. The molecule has 1 amide bonds. The molecule has 0 radical (unpaired) electrons. The number of hydrogen-bond acceptors (Lipinski definition) is 6. The SMILES string of the molecule is Cc1nnc(NC(=O)c2ccc(C)c([C@@H]3C[C@H]3NC3CCOCC3)c2)s1.Cl.Cl. The first kappa shape index (κ1) is 23.0. The van der Waals surface area contributed by atoms with E-state index < -0.39 is 0 Å². The van der Waals surface area contributed by atoms with Gasteiger partial charge in [-0.2, -0.15) is 0 Å². The summed E-state index contributed by atoms with van der Waals surface area (Å²) in [7, 11) is 0. The van der Waals surface area contributed by atoms with Crippen LogP contribution in [0.4, 0.5) is 5.13 Å². The van der Waals surface area contributed by atoms with E-state index in [4.69, 9.17) is 4.74 Å². The molecule has 154 valence electrons. The van der Waals surface area contributed by atoms with Crippen LogP contribution in [-0.4, -0.2) is 41.4 Å². The molecule has 2 fully saturated rings. The summed E-state index contributed by atoms with van der Waals surface area (Å²) >= 11 is 1.38. The molecule has 9 heteroatoms. The molecule has 1 aromatic carbocycles. The lowest BCUT2D eigenvalue weighted by molar-refractivity contribution is 0.0774. The second-order valence-electron chi connectivity index (χ2n) is 7.15. The molecule has 4 rings (SSSR count). The molecule has 6 nitrogen and oxygen atoms in total. The lowest BCUT2D eigenvalue weighted by atomic mass is 10.00. The fourth-order valence-corrected chi connectivity index (χ4v) is 4.17. The highest BCUT2D eigenvalue weighted by atomic mass is 35.5. The van der Waals surface area contributed by atoms with Crippen molar-refractivity contribution in [2.24, 2.45) is 0 Å². The minimum atomic E-state index is -0.128. The van der Waals surface area contributed by atoms with Gasteiger partial charge in [0, 0.05) is 36.8 Å². The molecule has 1 aliphatic heterocycles. The largest absolute Gasteiger partial charge is 0.381 e. The van der Waals surface area contributed by atoms with Crippen LogP contribution >= 0.6 is 36.2 Å². The zero-order valence-corrected chi connectivity index (χ0v) is 18.4. The quantitative estimate of drug-likeness (QED) is 0.731. The van der Waals surface area contributed by atoms with Crippen molar-refractivity contribution in [3.05, 3.63) is 39.9 Å². The van der Waals surface area contributed by atoms with E-state index in [1.165, 1.54) is 22.5 Å². The number of nitrogens with zero attached hydrogens (tertiary/aromatic N) is 2. The van der Waals surface area contributed by atoms with E-state index in [2.05, 4.69) is 27.8 Å². The van der Waals surface area contributed by atoms with Gasteiger partial charge in [0.25, 0.3) is 5.91 Å². The molecule has 2 atom stereocenters. The van der Waals surface area contributed by atoms with Crippen LogP contribution in [0, 0.1) is 13.8 Å². The van der Waals surface area contributed by atoms with Crippen LogP contribution in [0.3, 0.4) is 0 Å². The second kappa shape index (κ2) is 9.98. The Morgan fingerprint density at radius 3 is 2.61 bits per heavy atom. The summed E-state index contributed by atoms with van der Waals surface area (Å²) in [5.41, 5.74) is 3.19. The maximum atomic E-state index is 12.5. The summed E-state index contributed by atoms with van der Waals surface area (Å²) in [5.74, 6) is 0.367. The van der Waals surface area contributed by atoms with Crippen molar-refractivity contribution in [2.45, 2.75) is 51.1 Å². The molecule has 0 unspecified atom stereocenters. The second-order valence-corrected chi connectivity index (χ2v) is 8.34. The monoisotopic (exact) mass is 444 g/mol. The number of carbonyl (C=O) groups is 1. The lowest BCUT2D eigenvalue weighted by Gasteiger charge is -2.23. The van der Waals surface area contributed by atoms with Gasteiger partial charge in [-0.05, 0) is 56.4 Å². The number of carbonyl (C=O) groups excluding carboxylic acids is 1. The van der Waals surface area contributed by atoms with E-state index in [-0.39, 0.29) is 30.7 Å². The van der Waals surface area contributed by atoms with Gasteiger partial charge in [0.15, 0.2) is 0 Å². The fraction of sp³-hybridized carbons (Fsp3) is 0.526. The van der Waals surface area contributed by atoms with Crippen LogP contribution in [0.15, 0.2) is 18.2 Å². The normalized spacial score (nSPS) is 21.4. The number of halogens is 2. The summed E-state index contributed by atoms with van der Waals surface area (Å²) < 4.78 is 5.43. The number of amides is 1. The van der Waals surface area contributed by atoms with Crippen LogP contribution < -0.4 is 10.6 Å². The zero-order chi connectivity index (χ0) is 18.1. The van der Waals surface area contributed by atoms with E-state index >= 15 is 0 Å². The Balaban J connectivity index is 0.00000140. The smallest absolute Gasteiger partial charge is 0.257 e. The molecular formula is C19H26Cl2N4O2S. The highest BCUT2D eigenvalue weighted by molar-refractivity contribution is 7.15. The highest BCUT2D eigenvalue weighted by Crippen LogP contribution is 2.43. The maximum absolute atomic E-state index is 12.5. The molecule has 1 aromatic heterocycles. The van der Waals surface area contributed by atoms with Crippen LogP contribution in [0.25, 0.3) is 0 Å². The van der Waals surface area contributed by atoms with Crippen molar-refractivity contribution < 1.29 is 9.53 Å². The van der Waals surface area contributed by atoms with Crippen LogP contribution in [-0.2, 0) is 4.74 Å². The van der Waals surface area contributed by atoms with Gasteiger partial charge >= 0.3 is 0 Å². The van der Waals surface area contributed by atoms with E-state index in [9.17, 15) is 4.79 Å². The molecule has 0 spiro atoms. The summed E-state index contributed by atoms with van der Waals surface area (Å²) in [6, 6.07) is 7.03. The van der Waals surface area contributed by atoms with Crippen molar-refractivity contribution in [1.29, 1.82) is 0 Å². The Morgan fingerprint density at radius 2 is 1.93 bits per heavy atom. The minimum Gasteiger partial charge on any atom is -0.381 e. The molecule has 1 saturated heterocycles. The predicted molar refractivity (Wildman–Crippen MR) is 116 cm³/mol. The summed E-state index contributed by atoms with van der Waals surface area (Å²) in [6.07, 6.45) is 3.32. The maximum Gasteiger partial charge on any atom is 0.257 e. The van der Waals surface area contributed by atoms with E-state index in [0.717, 1.165) is 37.5 Å². The van der Waals surface area contributed by atoms with Gasteiger partial charge in [0.2, 0.25) is 5.13 Å². The first-order chi connectivity index (χ1) is 12.6. The number of ether oxygens (including phenoxy) is 1. The van der Waals surface area contributed by atoms with Crippen LogP contribution in [0.1, 0.15) is 51.7 Å². The average molecular weight is 445 g/mol. The number of nitrogens with one attached hydrogen (secondary N) is 2. The van der Waals surface area contributed by atoms with Crippen LogP contribution in [0.2, 0.25) is 0 Å². The third-order valence-electron chi connectivity index (χ3n) is 5.15. The summed E-state index contributed by atoms with van der Waals surface area (Å²) in [5, 5.41) is 15.9. The van der Waals surface area contributed by atoms with Crippen molar-refractivity contribution >= 4 is 47.2 Å². The number of anilines is 1. The minimum absolute atomic E-state index is 0. The van der Waals surface area contributed by atoms with Gasteiger partial charge in [-0.1, -0.05) is 17.4 Å². The number of benzene rings is 1. The molecular weight excluding hydrogens is 419 g/mol. The zero-order valence-electron chi connectivity index (χ0n) is 15.9. The van der Waals surface area contributed by atoms with E-state index in [1.54, 1.807) is 0 Å². The Labute approximate surface area is 181 Å². The molecule has 1 aliphatic carbocycles. The predicted octanol–water partition coefficient (Wildman–Crippen LogP) is 3.88. The molecule has 28 heavy (non-hydrogen) atoms. The summed E-state index contributed by atoms with van der Waals surface area (Å²) in [4.78, 5) is 12.5. The first-order valence-electron chi connectivity index (χ1n) is 9.16. The lowest BCUT2D eigenvalue weighted by Crippen LogP contribution is -2.36. The number of rotatable bonds is 5. The van der Waals surface area contributed by atoms with Gasteiger partial charge in [-0.3, -0.25) is 10.1 Å². The Morgan fingerprint density at radius 1 is 1.18 bits per heavy atom. The van der Waals surface area contributed by atoms with Gasteiger partial charge in [0.05, 0.1) is 0 Å². The number of aromatic nitrogens is 2. The van der Waals surface area contributed by atoms with E-state index in [1.807, 2.05) is 25.1 Å². The van der Waals surface area contributed by atoms with Gasteiger partial charge in [-0.15, -0.1) is 35.0 Å². The van der Waals surface area contributed by atoms with Crippen LogP contribution in [0.5, 0.6) is 0 Å². The molecule has 2 N–H and O–H groups in total. The Kier molecular flexibility index (Phi) is 8.21. The topological polar surface area (TPSA) is 76.1 Å². The van der Waals surface area contributed by atoms with Crippen molar-refractivity contribution in [3.63, 3.8) is 0 Å². The molecule has 2 heterocycles. The molecule has 0 bridgehead atoms. The van der Waals surface area contributed by atoms with E-state index in [0.29, 0.717) is 28.7 Å². The van der Waals surface area contributed by atoms with Crippen molar-refractivity contribution in [3.8, 4) is 0 Å². The third kappa shape index (κ3) is 5.42. The number of aryl methyl sites for hydroxylation is 2. The van der Waals surface area contributed by atoms with Crippen molar-refractivity contribution in [2.75, 3.05) is 18.5 Å².